The first-order chi connectivity index (χ1) is 9.60. The minimum absolute atomic E-state index is 0.0751. The molecule has 106 valence electrons. The number of nitrogens with two attached hydrogens (primary N) is 1. The fourth-order valence-corrected chi connectivity index (χ4v) is 2.09. The molecule has 4 N–H and O–H groups in total. The molecule has 20 heavy (non-hydrogen) atoms. The number of esters is 1. The third-order valence-corrected chi connectivity index (χ3v) is 3.20. The maximum Gasteiger partial charge on any atom is 0.329 e. The van der Waals surface area contributed by atoms with Gasteiger partial charge in [0.15, 0.2) is 0 Å². The first-order valence-electron chi connectivity index (χ1n) is 6.33. The highest BCUT2D eigenvalue weighted by Gasteiger charge is 2.36. The zero-order chi connectivity index (χ0) is 14.6. The minimum atomic E-state index is -1.45. The van der Waals surface area contributed by atoms with E-state index in [9.17, 15) is 9.90 Å². The summed E-state index contributed by atoms with van der Waals surface area (Å²) in [6, 6.07) is 7.70. The summed E-state index contributed by atoms with van der Waals surface area (Å²) in [5, 5.41) is 10.4. The second-order valence-corrected chi connectivity index (χ2v) is 4.74. The Morgan fingerprint density at radius 2 is 2.25 bits per heavy atom. The Kier molecular flexibility index (Phi) is 4.22. The van der Waals surface area contributed by atoms with Crippen LogP contribution in [0.4, 0.5) is 0 Å². The smallest absolute Gasteiger partial charge is 0.329 e. The SMILES string of the molecule is C=CCOC(=O)C(N)(CO)Cc1c[nH]c2ccccc12. The second-order valence-electron chi connectivity index (χ2n) is 4.74. The number of ether oxygens (including phenoxy) is 1. The van der Waals surface area contributed by atoms with E-state index >= 15 is 0 Å². The molecule has 1 aromatic heterocycles. The van der Waals surface area contributed by atoms with E-state index in [1.54, 1.807) is 6.20 Å². The third kappa shape index (κ3) is 2.74. The number of aromatic nitrogens is 1. The quantitative estimate of drug-likeness (QED) is 0.544. The molecule has 0 aliphatic rings. The molecule has 0 fully saturated rings. The van der Waals surface area contributed by atoms with Gasteiger partial charge in [-0.1, -0.05) is 30.9 Å². The maximum absolute atomic E-state index is 12.0. The van der Waals surface area contributed by atoms with Crippen LogP contribution >= 0.6 is 0 Å². The molecular formula is C15H18N2O3. The van der Waals surface area contributed by atoms with E-state index in [-0.39, 0.29) is 13.0 Å². The number of fused-ring (bicyclic) bond motifs is 1. The molecule has 5 nitrogen and oxygen atoms in total. The molecule has 0 radical (unpaired) electrons. The highest BCUT2D eigenvalue weighted by Crippen LogP contribution is 2.22. The van der Waals surface area contributed by atoms with Crippen molar-refractivity contribution < 1.29 is 14.6 Å². The molecule has 0 aliphatic heterocycles. The van der Waals surface area contributed by atoms with Gasteiger partial charge in [0.1, 0.15) is 12.1 Å². The van der Waals surface area contributed by atoms with Crippen LogP contribution in [0.25, 0.3) is 10.9 Å². The van der Waals surface area contributed by atoms with Crippen LogP contribution in [0.15, 0.2) is 43.1 Å². The van der Waals surface area contributed by atoms with Crippen molar-refractivity contribution in [3.05, 3.63) is 48.7 Å². The zero-order valence-electron chi connectivity index (χ0n) is 11.1. The highest BCUT2D eigenvalue weighted by molar-refractivity contribution is 5.86. The van der Waals surface area contributed by atoms with Crippen molar-refractivity contribution in [1.29, 1.82) is 0 Å². The van der Waals surface area contributed by atoms with Gasteiger partial charge in [0.25, 0.3) is 0 Å². The Morgan fingerprint density at radius 1 is 1.50 bits per heavy atom. The monoisotopic (exact) mass is 274 g/mol. The van der Waals surface area contributed by atoms with Gasteiger partial charge >= 0.3 is 5.97 Å². The normalized spacial score (nSPS) is 13.9. The van der Waals surface area contributed by atoms with Crippen LogP contribution in [-0.2, 0) is 16.0 Å². The first kappa shape index (κ1) is 14.3. The van der Waals surface area contributed by atoms with Crippen molar-refractivity contribution in [3.63, 3.8) is 0 Å². The van der Waals surface area contributed by atoms with E-state index < -0.39 is 18.1 Å². The molecule has 1 unspecified atom stereocenters. The molecule has 5 heteroatoms. The first-order valence-corrected chi connectivity index (χ1v) is 6.33. The molecule has 1 heterocycles. The van der Waals surface area contributed by atoms with Crippen LogP contribution in [0.3, 0.4) is 0 Å². The summed E-state index contributed by atoms with van der Waals surface area (Å²) < 4.78 is 4.96. The van der Waals surface area contributed by atoms with Crippen LogP contribution in [0, 0.1) is 0 Å². The minimum Gasteiger partial charge on any atom is -0.460 e. The van der Waals surface area contributed by atoms with Crippen molar-refractivity contribution in [3.8, 4) is 0 Å². The van der Waals surface area contributed by atoms with Crippen molar-refractivity contribution in [2.24, 2.45) is 5.73 Å². The number of hydrogen-bond acceptors (Lipinski definition) is 4. The predicted octanol–water partition coefficient (Wildman–Crippen LogP) is 1.13. The van der Waals surface area contributed by atoms with Crippen LogP contribution < -0.4 is 5.73 Å². The Hall–Kier alpha value is -2.11. The van der Waals surface area contributed by atoms with Crippen LogP contribution in [-0.4, -0.2) is 34.8 Å². The molecule has 0 spiro atoms. The summed E-state index contributed by atoms with van der Waals surface area (Å²) >= 11 is 0. The number of carbonyl (C=O) groups is 1. The number of hydrogen-bond donors (Lipinski definition) is 3. The number of aliphatic hydroxyl groups excluding tert-OH is 1. The van der Waals surface area contributed by atoms with E-state index in [1.807, 2.05) is 24.3 Å². The number of rotatable bonds is 6. The topological polar surface area (TPSA) is 88.3 Å². The van der Waals surface area contributed by atoms with E-state index in [1.165, 1.54) is 6.08 Å². The summed E-state index contributed by atoms with van der Waals surface area (Å²) in [6.45, 7) is 3.06. The second kappa shape index (κ2) is 5.90. The van der Waals surface area contributed by atoms with Gasteiger partial charge in [-0.05, 0) is 11.6 Å². The molecule has 2 aromatic rings. The van der Waals surface area contributed by atoms with E-state index in [4.69, 9.17) is 10.5 Å². The summed E-state index contributed by atoms with van der Waals surface area (Å²) in [4.78, 5) is 15.1. The lowest BCUT2D eigenvalue weighted by Gasteiger charge is -2.24. The van der Waals surface area contributed by atoms with Gasteiger partial charge in [0, 0.05) is 23.5 Å². The molecule has 1 aromatic carbocycles. The molecule has 0 aliphatic carbocycles. The third-order valence-electron chi connectivity index (χ3n) is 3.20. The average Bonchev–Trinajstić information content (AvgIpc) is 2.87. The Bertz CT molecular complexity index is 620. The van der Waals surface area contributed by atoms with Gasteiger partial charge in [-0.25, -0.2) is 4.79 Å². The molecule has 1 atom stereocenters. The van der Waals surface area contributed by atoms with Crippen molar-refractivity contribution in [2.75, 3.05) is 13.2 Å². The van der Waals surface area contributed by atoms with Crippen LogP contribution in [0.1, 0.15) is 5.56 Å². The number of aliphatic hydroxyl groups is 1. The summed E-state index contributed by atoms with van der Waals surface area (Å²) in [6.07, 6.45) is 3.45. The number of aromatic amines is 1. The summed E-state index contributed by atoms with van der Waals surface area (Å²) in [7, 11) is 0. The van der Waals surface area contributed by atoms with Gasteiger partial charge < -0.3 is 20.6 Å². The van der Waals surface area contributed by atoms with E-state index in [2.05, 4.69) is 11.6 Å². The molecular weight excluding hydrogens is 256 g/mol. The fourth-order valence-electron chi connectivity index (χ4n) is 2.09. The number of nitrogens with one attached hydrogen (secondary N) is 1. The number of benzene rings is 1. The Balaban J connectivity index is 2.25. The van der Waals surface area contributed by atoms with E-state index in [0.717, 1.165) is 16.5 Å². The van der Waals surface area contributed by atoms with Gasteiger partial charge in [0.05, 0.1) is 6.61 Å². The zero-order valence-corrected chi connectivity index (χ0v) is 11.1. The van der Waals surface area contributed by atoms with Crippen molar-refractivity contribution in [1.82, 2.24) is 4.98 Å². The molecule has 0 amide bonds. The Morgan fingerprint density at radius 3 is 2.95 bits per heavy atom. The number of H-pyrrole nitrogens is 1. The van der Waals surface area contributed by atoms with Crippen LogP contribution in [0.5, 0.6) is 0 Å². The van der Waals surface area contributed by atoms with Crippen molar-refractivity contribution in [2.45, 2.75) is 12.0 Å². The molecule has 0 bridgehead atoms. The fraction of sp³-hybridized carbons (Fsp3) is 0.267. The van der Waals surface area contributed by atoms with E-state index in [0.29, 0.717) is 0 Å². The standard InChI is InChI=1S/C15H18N2O3/c1-2-7-20-14(19)15(16,10-18)8-11-9-17-13-6-4-3-5-12(11)13/h2-6,9,17-18H,1,7-8,10,16H2. The van der Waals surface area contributed by atoms with Gasteiger partial charge in [-0.3, -0.25) is 0 Å². The van der Waals surface area contributed by atoms with Crippen molar-refractivity contribution >= 4 is 16.9 Å². The molecule has 0 saturated carbocycles. The number of carbonyl (C=O) groups excluding carboxylic acids is 1. The maximum atomic E-state index is 12.0. The lowest BCUT2D eigenvalue weighted by atomic mass is 9.92. The average molecular weight is 274 g/mol. The summed E-state index contributed by atoms with van der Waals surface area (Å²) in [5.74, 6) is -0.634. The van der Waals surface area contributed by atoms with Gasteiger partial charge in [0.2, 0.25) is 0 Å². The van der Waals surface area contributed by atoms with Gasteiger partial charge in [-0.15, -0.1) is 0 Å². The highest BCUT2D eigenvalue weighted by atomic mass is 16.5. The predicted molar refractivity (Wildman–Crippen MR) is 77.2 cm³/mol. The molecule has 2 rings (SSSR count). The summed E-state index contributed by atoms with van der Waals surface area (Å²) in [5.41, 5.74) is 6.37. The largest absolute Gasteiger partial charge is 0.460 e. The van der Waals surface area contributed by atoms with Gasteiger partial charge in [-0.2, -0.15) is 0 Å². The molecule has 0 saturated heterocycles. The lowest BCUT2D eigenvalue weighted by molar-refractivity contribution is -0.150. The Labute approximate surface area is 117 Å². The number of para-hydroxylation sites is 1. The van der Waals surface area contributed by atoms with Crippen LogP contribution in [0.2, 0.25) is 0 Å². The lowest BCUT2D eigenvalue weighted by Crippen LogP contribution is -2.54.